The maximum Gasteiger partial charge on any atom is 0.224 e. The zero-order valence-electron chi connectivity index (χ0n) is 11.3. The molecule has 3 nitrogen and oxygen atoms in total. The van der Waals surface area contributed by atoms with E-state index in [4.69, 9.17) is 5.73 Å². The molecule has 0 heterocycles. The minimum Gasteiger partial charge on any atom is -0.355 e. The van der Waals surface area contributed by atoms with Crippen molar-refractivity contribution in [1.82, 2.24) is 5.32 Å². The van der Waals surface area contributed by atoms with Crippen molar-refractivity contribution in [1.29, 1.82) is 0 Å². The zero-order valence-corrected chi connectivity index (χ0v) is 11.3. The molecule has 1 aromatic carbocycles. The Bertz CT molecular complexity index is 464. The van der Waals surface area contributed by atoms with Crippen molar-refractivity contribution in [3.8, 4) is 0 Å². The first-order chi connectivity index (χ1) is 9.04. The van der Waals surface area contributed by atoms with Crippen LogP contribution in [0.1, 0.15) is 30.4 Å². The summed E-state index contributed by atoms with van der Waals surface area (Å²) in [6.07, 6.45) is 3.69. The van der Waals surface area contributed by atoms with Gasteiger partial charge in [0, 0.05) is 6.54 Å². The maximum atomic E-state index is 13.1. The number of carbonyl (C=O) groups is 1. The Balaban J connectivity index is 1.85. The number of nitrogens with one attached hydrogen (secondary N) is 1. The highest BCUT2D eigenvalue weighted by atomic mass is 19.1. The van der Waals surface area contributed by atoms with E-state index in [1.807, 2.05) is 0 Å². The highest BCUT2D eigenvalue weighted by Gasteiger charge is 2.35. The maximum absolute atomic E-state index is 13.1. The van der Waals surface area contributed by atoms with Crippen molar-refractivity contribution in [2.24, 2.45) is 11.1 Å². The van der Waals surface area contributed by atoms with Crippen molar-refractivity contribution in [2.75, 3.05) is 13.1 Å². The number of carbonyl (C=O) groups excluding carboxylic acids is 1. The van der Waals surface area contributed by atoms with Crippen LogP contribution in [0.3, 0.4) is 0 Å². The number of hydrogen-bond donors (Lipinski definition) is 2. The van der Waals surface area contributed by atoms with Gasteiger partial charge in [-0.15, -0.1) is 0 Å². The van der Waals surface area contributed by atoms with E-state index in [0.29, 0.717) is 25.1 Å². The zero-order chi connectivity index (χ0) is 13.9. The quantitative estimate of drug-likeness (QED) is 0.853. The Hall–Kier alpha value is -1.42. The van der Waals surface area contributed by atoms with E-state index in [1.54, 1.807) is 19.1 Å². The number of halogens is 1. The molecule has 0 aliphatic heterocycles. The smallest absolute Gasteiger partial charge is 0.224 e. The lowest BCUT2D eigenvalue weighted by atomic mass is 9.69. The molecule has 1 fully saturated rings. The second-order valence-electron chi connectivity index (χ2n) is 5.59. The van der Waals surface area contributed by atoms with Gasteiger partial charge in [0.05, 0.1) is 6.42 Å². The van der Waals surface area contributed by atoms with Crippen LogP contribution in [0.2, 0.25) is 0 Å². The average Bonchev–Trinajstić information content (AvgIpc) is 2.33. The van der Waals surface area contributed by atoms with Crippen LogP contribution in [0.15, 0.2) is 18.2 Å². The SMILES string of the molecule is Cc1cc(CC(=O)NCC2(CN)CCC2)ccc1F. The third kappa shape index (κ3) is 3.32. The molecule has 1 saturated carbocycles. The number of rotatable bonds is 5. The molecular formula is C15H21FN2O. The molecule has 0 bridgehead atoms. The summed E-state index contributed by atoms with van der Waals surface area (Å²) in [6, 6.07) is 4.78. The van der Waals surface area contributed by atoms with E-state index >= 15 is 0 Å². The minimum absolute atomic E-state index is 0.0225. The molecule has 0 unspecified atom stereocenters. The summed E-state index contributed by atoms with van der Waals surface area (Å²) in [5.41, 5.74) is 7.28. The van der Waals surface area contributed by atoms with E-state index in [9.17, 15) is 9.18 Å². The standard InChI is InChI=1S/C15H21FN2O/c1-11-7-12(3-4-13(11)16)8-14(19)18-10-15(9-17)5-2-6-15/h3-4,7H,2,5-6,8-10,17H2,1H3,(H,18,19). The molecule has 0 radical (unpaired) electrons. The molecule has 1 amide bonds. The fraction of sp³-hybridized carbons (Fsp3) is 0.533. The molecule has 1 aromatic rings. The lowest BCUT2D eigenvalue weighted by molar-refractivity contribution is -0.121. The van der Waals surface area contributed by atoms with Gasteiger partial charge < -0.3 is 11.1 Å². The Morgan fingerprint density at radius 2 is 2.21 bits per heavy atom. The summed E-state index contributed by atoms with van der Waals surface area (Å²) in [5, 5.41) is 2.95. The number of benzene rings is 1. The fourth-order valence-electron chi connectivity index (χ4n) is 2.48. The Morgan fingerprint density at radius 3 is 2.74 bits per heavy atom. The summed E-state index contributed by atoms with van der Waals surface area (Å²) in [6.45, 7) is 2.99. The molecule has 2 rings (SSSR count). The van der Waals surface area contributed by atoms with Crippen LogP contribution in [-0.4, -0.2) is 19.0 Å². The molecule has 1 aliphatic rings. The number of nitrogens with two attached hydrogens (primary N) is 1. The van der Waals surface area contributed by atoms with E-state index in [2.05, 4.69) is 5.32 Å². The predicted octanol–water partition coefficient (Wildman–Crippen LogP) is 1.92. The van der Waals surface area contributed by atoms with E-state index < -0.39 is 0 Å². The average molecular weight is 264 g/mol. The van der Waals surface area contributed by atoms with Gasteiger partial charge >= 0.3 is 0 Å². The topological polar surface area (TPSA) is 55.1 Å². The van der Waals surface area contributed by atoms with Crippen molar-refractivity contribution in [2.45, 2.75) is 32.6 Å². The minimum atomic E-state index is -0.235. The van der Waals surface area contributed by atoms with Crippen LogP contribution in [-0.2, 0) is 11.2 Å². The molecule has 19 heavy (non-hydrogen) atoms. The van der Waals surface area contributed by atoms with Crippen LogP contribution >= 0.6 is 0 Å². The summed E-state index contributed by atoms with van der Waals surface area (Å²) < 4.78 is 13.1. The predicted molar refractivity (Wildman–Crippen MR) is 73.2 cm³/mol. The van der Waals surface area contributed by atoms with Crippen LogP contribution < -0.4 is 11.1 Å². The first-order valence-electron chi connectivity index (χ1n) is 6.76. The third-order valence-electron chi connectivity index (χ3n) is 4.09. The Kier molecular flexibility index (Phi) is 4.20. The van der Waals surface area contributed by atoms with Gasteiger partial charge in [-0.3, -0.25) is 4.79 Å². The molecule has 1 aliphatic carbocycles. The van der Waals surface area contributed by atoms with Crippen LogP contribution in [0.4, 0.5) is 4.39 Å². The Morgan fingerprint density at radius 1 is 1.47 bits per heavy atom. The summed E-state index contributed by atoms with van der Waals surface area (Å²) in [7, 11) is 0. The van der Waals surface area contributed by atoms with Gasteiger partial charge in [0.25, 0.3) is 0 Å². The third-order valence-corrected chi connectivity index (χ3v) is 4.09. The lowest BCUT2D eigenvalue weighted by Gasteiger charge is -2.41. The highest BCUT2D eigenvalue weighted by molar-refractivity contribution is 5.78. The fourth-order valence-corrected chi connectivity index (χ4v) is 2.48. The molecule has 0 aromatic heterocycles. The van der Waals surface area contributed by atoms with Crippen LogP contribution in [0, 0.1) is 18.2 Å². The van der Waals surface area contributed by atoms with E-state index in [-0.39, 0.29) is 17.1 Å². The molecule has 0 spiro atoms. The van der Waals surface area contributed by atoms with Crippen molar-refractivity contribution in [3.63, 3.8) is 0 Å². The monoisotopic (exact) mass is 264 g/mol. The highest BCUT2D eigenvalue weighted by Crippen LogP contribution is 2.39. The Labute approximate surface area is 113 Å². The first kappa shape index (κ1) is 14.0. The normalized spacial score (nSPS) is 16.8. The van der Waals surface area contributed by atoms with Gasteiger partial charge in [-0.05, 0) is 48.9 Å². The molecular weight excluding hydrogens is 243 g/mol. The number of amides is 1. The molecule has 4 heteroatoms. The molecule has 3 N–H and O–H groups in total. The summed E-state index contributed by atoms with van der Waals surface area (Å²) in [5.74, 6) is -0.258. The van der Waals surface area contributed by atoms with Crippen molar-refractivity contribution < 1.29 is 9.18 Å². The molecule has 104 valence electrons. The number of aryl methyl sites for hydroxylation is 1. The second kappa shape index (κ2) is 5.70. The van der Waals surface area contributed by atoms with Gasteiger partial charge in [-0.25, -0.2) is 4.39 Å². The van der Waals surface area contributed by atoms with Gasteiger partial charge in [-0.1, -0.05) is 18.6 Å². The summed E-state index contributed by atoms with van der Waals surface area (Å²) >= 11 is 0. The van der Waals surface area contributed by atoms with Gasteiger partial charge in [0.1, 0.15) is 5.82 Å². The lowest BCUT2D eigenvalue weighted by Crippen LogP contribution is -2.47. The largest absolute Gasteiger partial charge is 0.355 e. The first-order valence-corrected chi connectivity index (χ1v) is 6.76. The summed E-state index contributed by atoms with van der Waals surface area (Å²) in [4.78, 5) is 11.9. The van der Waals surface area contributed by atoms with E-state index in [0.717, 1.165) is 18.4 Å². The molecule has 0 saturated heterocycles. The molecule has 0 atom stereocenters. The van der Waals surface area contributed by atoms with Gasteiger partial charge in [-0.2, -0.15) is 0 Å². The van der Waals surface area contributed by atoms with Gasteiger partial charge in [0.2, 0.25) is 5.91 Å². The van der Waals surface area contributed by atoms with Crippen LogP contribution in [0.5, 0.6) is 0 Å². The van der Waals surface area contributed by atoms with E-state index in [1.165, 1.54) is 12.5 Å². The number of hydrogen-bond acceptors (Lipinski definition) is 2. The second-order valence-corrected chi connectivity index (χ2v) is 5.59. The van der Waals surface area contributed by atoms with Gasteiger partial charge in [0.15, 0.2) is 0 Å². The van der Waals surface area contributed by atoms with Crippen molar-refractivity contribution >= 4 is 5.91 Å². The van der Waals surface area contributed by atoms with Crippen molar-refractivity contribution in [3.05, 3.63) is 35.1 Å². The van der Waals surface area contributed by atoms with Crippen LogP contribution in [0.25, 0.3) is 0 Å².